The molecule has 2 aromatic carbocycles. The van der Waals surface area contributed by atoms with Crippen molar-refractivity contribution >= 4 is 27.7 Å². The summed E-state index contributed by atoms with van der Waals surface area (Å²) in [6.45, 7) is 2.16. The summed E-state index contributed by atoms with van der Waals surface area (Å²) in [5.74, 6) is 0.860. The van der Waals surface area contributed by atoms with Crippen LogP contribution in [0.15, 0.2) is 51.8 Å². The first-order chi connectivity index (χ1) is 10.1. The van der Waals surface area contributed by atoms with Crippen LogP contribution in [0.1, 0.15) is 36.6 Å². The fraction of sp³-hybridized carbons (Fsp3) is 0.294. The normalized spacial score (nSPS) is 19.1. The van der Waals surface area contributed by atoms with E-state index in [2.05, 4.69) is 52.4 Å². The molecule has 1 aliphatic rings. The van der Waals surface area contributed by atoms with Gasteiger partial charge in [-0.3, -0.25) is 0 Å². The summed E-state index contributed by atoms with van der Waals surface area (Å²) in [5.41, 5.74) is 2.34. The van der Waals surface area contributed by atoms with Crippen molar-refractivity contribution in [2.24, 2.45) is 0 Å². The van der Waals surface area contributed by atoms with E-state index in [-0.39, 0.29) is 17.9 Å². The first kappa shape index (κ1) is 15.1. The molecule has 4 heteroatoms. The summed E-state index contributed by atoms with van der Waals surface area (Å²) in [6, 6.07) is 14.2. The molecule has 0 saturated carbocycles. The van der Waals surface area contributed by atoms with E-state index in [1.165, 1.54) is 5.56 Å². The molecule has 0 aromatic heterocycles. The SMILES string of the molecule is CC(NC1CCSc2c(F)cccc21)c1ccc(Br)cc1. The van der Waals surface area contributed by atoms with E-state index < -0.39 is 0 Å². The van der Waals surface area contributed by atoms with Crippen LogP contribution in [-0.4, -0.2) is 5.75 Å². The molecular formula is C17H17BrFNS. The smallest absolute Gasteiger partial charge is 0.137 e. The van der Waals surface area contributed by atoms with Gasteiger partial charge in [0.05, 0.1) is 0 Å². The third-order valence-corrected chi connectivity index (χ3v) is 5.53. The molecule has 2 unspecified atom stereocenters. The van der Waals surface area contributed by atoms with Gasteiger partial charge in [0, 0.05) is 21.5 Å². The summed E-state index contributed by atoms with van der Waals surface area (Å²) in [7, 11) is 0. The molecule has 0 radical (unpaired) electrons. The van der Waals surface area contributed by atoms with Crippen LogP contribution in [0.3, 0.4) is 0 Å². The van der Waals surface area contributed by atoms with E-state index in [0.29, 0.717) is 0 Å². The Morgan fingerprint density at radius 1 is 1.24 bits per heavy atom. The molecule has 0 bridgehead atoms. The fourth-order valence-corrected chi connectivity index (χ4v) is 4.11. The van der Waals surface area contributed by atoms with Crippen molar-refractivity contribution in [3.8, 4) is 0 Å². The van der Waals surface area contributed by atoms with E-state index in [0.717, 1.165) is 27.1 Å². The molecule has 0 aliphatic carbocycles. The Kier molecular flexibility index (Phi) is 4.67. The highest BCUT2D eigenvalue weighted by Crippen LogP contribution is 2.38. The topological polar surface area (TPSA) is 12.0 Å². The number of hydrogen-bond acceptors (Lipinski definition) is 2. The second-order valence-electron chi connectivity index (χ2n) is 5.29. The van der Waals surface area contributed by atoms with Crippen LogP contribution in [0.4, 0.5) is 4.39 Å². The third kappa shape index (κ3) is 3.33. The zero-order valence-electron chi connectivity index (χ0n) is 11.8. The van der Waals surface area contributed by atoms with Crippen molar-refractivity contribution in [3.63, 3.8) is 0 Å². The first-order valence-electron chi connectivity index (χ1n) is 7.08. The van der Waals surface area contributed by atoms with E-state index in [1.807, 2.05) is 6.07 Å². The van der Waals surface area contributed by atoms with Gasteiger partial charge in [-0.05, 0) is 48.4 Å². The molecule has 110 valence electrons. The highest BCUT2D eigenvalue weighted by molar-refractivity contribution is 9.10. The van der Waals surface area contributed by atoms with Crippen LogP contribution in [0.25, 0.3) is 0 Å². The maximum atomic E-state index is 13.9. The van der Waals surface area contributed by atoms with Gasteiger partial charge in [-0.1, -0.05) is 40.2 Å². The van der Waals surface area contributed by atoms with E-state index in [1.54, 1.807) is 23.9 Å². The van der Waals surface area contributed by atoms with Crippen molar-refractivity contribution in [2.45, 2.75) is 30.3 Å². The number of nitrogens with one attached hydrogen (secondary N) is 1. The highest BCUT2D eigenvalue weighted by atomic mass is 79.9. The molecule has 0 saturated heterocycles. The molecule has 0 fully saturated rings. The molecule has 2 aromatic rings. The lowest BCUT2D eigenvalue weighted by Gasteiger charge is -2.29. The van der Waals surface area contributed by atoms with Crippen molar-refractivity contribution < 1.29 is 4.39 Å². The molecular weight excluding hydrogens is 349 g/mol. The number of hydrogen-bond donors (Lipinski definition) is 1. The van der Waals surface area contributed by atoms with Crippen molar-refractivity contribution in [1.29, 1.82) is 0 Å². The number of thioether (sulfide) groups is 1. The quantitative estimate of drug-likeness (QED) is 0.772. The largest absolute Gasteiger partial charge is 0.303 e. The summed E-state index contributed by atoms with van der Waals surface area (Å²) in [6.07, 6.45) is 1.03. The van der Waals surface area contributed by atoms with Crippen LogP contribution in [0.2, 0.25) is 0 Å². The van der Waals surface area contributed by atoms with Crippen LogP contribution >= 0.6 is 27.7 Å². The average molecular weight is 366 g/mol. The number of fused-ring (bicyclic) bond motifs is 1. The van der Waals surface area contributed by atoms with Crippen LogP contribution in [0, 0.1) is 5.82 Å². The lowest BCUT2D eigenvalue weighted by Crippen LogP contribution is -2.27. The Bertz CT molecular complexity index is 629. The second-order valence-corrected chi connectivity index (χ2v) is 7.31. The summed E-state index contributed by atoms with van der Waals surface area (Å²) < 4.78 is 15.0. The average Bonchev–Trinajstić information content (AvgIpc) is 2.49. The standard InChI is InChI=1S/C17H17BrFNS/c1-11(12-5-7-13(18)8-6-12)20-16-9-10-21-17-14(16)3-2-4-15(17)19/h2-8,11,16,20H,9-10H2,1H3. The van der Waals surface area contributed by atoms with Crippen LogP contribution < -0.4 is 5.32 Å². The summed E-state index contributed by atoms with van der Waals surface area (Å²) >= 11 is 5.08. The minimum Gasteiger partial charge on any atom is -0.303 e. The van der Waals surface area contributed by atoms with Crippen molar-refractivity contribution in [3.05, 3.63) is 63.9 Å². The lowest BCUT2D eigenvalue weighted by molar-refractivity contribution is 0.444. The lowest BCUT2D eigenvalue weighted by atomic mass is 10.0. The minimum absolute atomic E-state index is 0.0969. The molecule has 0 spiro atoms. The Balaban J connectivity index is 1.80. The number of benzene rings is 2. The van der Waals surface area contributed by atoms with Gasteiger partial charge in [-0.25, -0.2) is 4.39 Å². The minimum atomic E-state index is -0.0969. The van der Waals surface area contributed by atoms with Crippen molar-refractivity contribution in [1.82, 2.24) is 5.32 Å². The van der Waals surface area contributed by atoms with E-state index in [9.17, 15) is 4.39 Å². The molecule has 3 rings (SSSR count). The van der Waals surface area contributed by atoms with Gasteiger partial charge in [0.25, 0.3) is 0 Å². The Morgan fingerprint density at radius 2 is 2.00 bits per heavy atom. The highest BCUT2D eigenvalue weighted by Gasteiger charge is 2.24. The van der Waals surface area contributed by atoms with Gasteiger partial charge in [0.1, 0.15) is 5.82 Å². The first-order valence-corrected chi connectivity index (χ1v) is 8.86. The second kappa shape index (κ2) is 6.51. The molecule has 1 N–H and O–H groups in total. The summed E-state index contributed by atoms with van der Waals surface area (Å²) in [5, 5.41) is 3.64. The van der Waals surface area contributed by atoms with Crippen LogP contribution in [0.5, 0.6) is 0 Å². The Labute approximate surface area is 137 Å². The predicted octanol–water partition coefficient (Wildman–Crippen LogP) is 5.48. The van der Waals surface area contributed by atoms with Gasteiger partial charge in [0.2, 0.25) is 0 Å². The predicted molar refractivity (Wildman–Crippen MR) is 90.2 cm³/mol. The fourth-order valence-electron chi connectivity index (χ4n) is 2.71. The maximum Gasteiger partial charge on any atom is 0.137 e. The molecule has 21 heavy (non-hydrogen) atoms. The van der Waals surface area contributed by atoms with Crippen molar-refractivity contribution in [2.75, 3.05) is 5.75 Å². The van der Waals surface area contributed by atoms with Gasteiger partial charge in [-0.15, -0.1) is 11.8 Å². The zero-order chi connectivity index (χ0) is 14.8. The Morgan fingerprint density at radius 3 is 2.76 bits per heavy atom. The molecule has 0 amide bonds. The van der Waals surface area contributed by atoms with E-state index >= 15 is 0 Å². The van der Waals surface area contributed by atoms with Gasteiger partial charge in [0.15, 0.2) is 0 Å². The molecule has 1 aliphatic heterocycles. The third-order valence-electron chi connectivity index (χ3n) is 3.85. The number of rotatable bonds is 3. The molecule has 2 atom stereocenters. The van der Waals surface area contributed by atoms with E-state index in [4.69, 9.17) is 0 Å². The Hall–Kier alpha value is -0.840. The molecule has 1 heterocycles. The zero-order valence-corrected chi connectivity index (χ0v) is 14.2. The maximum absolute atomic E-state index is 13.9. The monoisotopic (exact) mass is 365 g/mol. The van der Waals surface area contributed by atoms with Gasteiger partial charge in [-0.2, -0.15) is 0 Å². The summed E-state index contributed by atoms with van der Waals surface area (Å²) in [4.78, 5) is 0.809. The van der Waals surface area contributed by atoms with Gasteiger partial charge < -0.3 is 5.32 Å². The van der Waals surface area contributed by atoms with Gasteiger partial charge >= 0.3 is 0 Å². The number of halogens is 2. The molecule has 1 nitrogen and oxygen atoms in total. The van der Waals surface area contributed by atoms with Crippen LogP contribution in [-0.2, 0) is 0 Å².